The van der Waals surface area contributed by atoms with E-state index in [9.17, 15) is 14.9 Å². The van der Waals surface area contributed by atoms with Crippen molar-refractivity contribution < 1.29 is 9.72 Å². The van der Waals surface area contributed by atoms with Crippen molar-refractivity contribution in [2.45, 2.75) is 58.8 Å². The van der Waals surface area contributed by atoms with E-state index in [1.54, 1.807) is 19.1 Å². The standard InChI is InChI=1S/C18H24N4O3S/c1-3-4-5-6-7-8-12-15-20-21-18(26-15)19-17(23)14-11-9-10-13(2)16(14)22(24)25/h9-11H,3-8,12H2,1-2H3,(H,19,21,23). The molecule has 1 heterocycles. The molecule has 0 aliphatic rings. The highest BCUT2D eigenvalue weighted by Gasteiger charge is 2.23. The molecule has 26 heavy (non-hydrogen) atoms. The zero-order valence-corrected chi connectivity index (χ0v) is 16.0. The van der Waals surface area contributed by atoms with Crippen molar-refractivity contribution in [1.29, 1.82) is 0 Å². The molecule has 0 saturated carbocycles. The Morgan fingerprint density at radius 1 is 1.19 bits per heavy atom. The Hall–Kier alpha value is -2.35. The van der Waals surface area contributed by atoms with Gasteiger partial charge in [0.25, 0.3) is 11.6 Å². The van der Waals surface area contributed by atoms with E-state index in [1.165, 1.54) is 43.1 Å². The molecule has 2 rings (SSSR count). The van der Waals surface area contributed by atoms with Gasteiger partial charge in [-0.3, -0.25) is 20.2 Å². The van der Waals surface area contributed by atoms with Crippen LogP contribution in [0.25, 0.3) is 0 Å². The molecule has 0 fully saturated rings. The number of amides is 1. The molecule has 1 amide bonds. The third kappa shape index (κ3) is 5.59. The van der Waals surface area contributed by atoms with Gasteiger partial charge in [0.1, 0.15) is 10.6 Å². The van der Waals surface area contributed by atoms with Crippen LogP contribution in [0.5, 0.6) is 0 Å². The van der Waals surface area contributed by atoms with Gasteiger partial charge in [0.05, 0.1) is 4.92 Å². The molecule has 0 saturated heterocycles. The molecular weight excluding hydrogens is 352 g/mol. The fourth-order valence-corrected chi connectivity index (χ4v) is 3.49. The summed E-state index contributed by atoms with van der Waals surface area (Å²) < 4.78 is 0. The number of carbonyl (C=O) groups excluding carboxylic acids is 1. The number of aromatic nitrogens is 2. The maximum Gasteiger partial charge on any atom is 0.285 e. The number of hydrogen-bond acceptors (Lipinski definition) is 6. The van der Waals surface area contributed by atoms with E-state index in [2.05, 4.69) is 22.4 Å². The molecule has 0 aliphatic carbocycles. The quantitative estimate of drug-likeness (QED) is 0.361. The van der Waals surface area contributed by atoms with Gasteiger partial charge in [-0.1, -0.05) is 62.5 Å². The number of nitrogens with one attached hydrogen (secondary N) is 1. The van der Waals surface area contributed by atoms with Crippen LogP contribution in [0, 0.1) is 17.0 Å². The zero-order chi connectivity index (χ0) is 18.9. The van der Waals surface area contributed by atoms with E-state index >= 15 is 0 Å². The molecule has 8 heteroatoms. The number of anilines is 1. The topological polar surface area (TPSA) is 98.0 Å². The molecule has 2 aromatic rings. The molecule has 1 aromatic carbocycles. The van der Waals surface area contributed by atoms with Crippen molar-refractivity contribution in [2.75, 3.05) is 5.32 Å². The number of rotatable bonds is 10. The van der Waals surface area contributed by atoms with Crippen molar-refractivity contribution in [1.82, 2.24) is 10.2 Å². The number of aryl methyl sites for hydroxylation is 2. The minimum absolute atomic E-state index is 0.0303. The third-order valence-electron chi connectivity index (χ3n) is 4.10. The number of para-hydroxylation sites is 1. The molecule has 0 spiro atoms. The Kier molecular flexibility index (Phi) is 7.65. The third-order valence-corrected chi connectivity index (χ3v) is 4.99. The minimum Gasteiger partial charge on any atom is -0.296 e. The van der Waals surface area contributed by atoms with E-state index in [-0.39, 0.29) is 11.3 Å². The van der Waals surface area contributed by atoms with Crippen LogP contribution in [0.2, 0.25) is 0 Å². The van der Waals surface area contributed by atoms with Crippen LogP contribution in [-0.2, 0) is 6.42 Å². The normalized spacial score (nSPS) is 10.7. The summed E-state index contributed by atoms with van der Waals surface area (Å²) >= 11 is 1.32. The first-order chi connectivity index (χ1) is 12.5. The molecule has 1 aromatic heterocycles. The van der Waals surface area contributed by atoms with Crippen molar-refractivity contribution >= 4 is 28.1 Å². The van der Waals surface area contributed by atoms with Gasteiger partial charge in [-0.25, -0.2) is 0 Å². The number of benzene rings is 1. The number of carbonyl (C=O) groups is 1. The van der Waals surface area contributed by atoms with Gasteiger partial charge in [-0.15, -0.1) is 10.2 Å². The summed E-state index contributed by atoms with van der Waals surface area (Å²) in [6.45, 7) is 3.81. The fraction of sp³-hybridized carbons (Fsp3) is 0.500. The lowest BCUT2D eigenvalue weighted by atomic mass is 10.1. The summed E-state index contributed by atoms with van der Waals surface area (Å²) in [7, 11) is 0. The van der Waals surface area contributed by atoms with Crippen molar-refractivity contribution in [2.24, 2.45) is 0 Å². The van der Waals surface area contributed by atoms with Crippen molar-refractivity contribution in [3.8, 4) is 0 Å². The summed E-state index contributed by atoms with van der Waals surface area (Å²) in [5.41, 5.74) is 0.299. The summed E-state index contributed by atoms with van der Waals surface area (Å²) in [5, 5.41) is 23.1. The Bertz CT molecular complexity index is 761. The lowest BCUT2D eigenvalue weighted by molar-refractivity contribution is -0.385. The summed E-state index contributed by atoms with van der Waals surface area (Å²) in [4.78, 5) is 23.1. The van der Waals surface area contributed by atoms with E-state index in [1.807, 2.05) is 0 Å². The first-order valence-electron chi connectivity index (χ1n) is 8.90. The van der Waals surface area contributed by atoms with Gasteiger partial charge >= 0.3 is 0 Å². The summed E-state index contributed by atoms with van der Waals surface area (Å²) in [6, 6.07) is 4.68. The van der Waals surface area contributed by atoms with Crippen LogP contribution in [0.3, 0.4) is 0 Å². The van der Waals surface area contributed by atoms with E-state index in [4.69, 9.17) is 0 Å². The molecule has 0 atom stereocenters. The van der Waals surface area contributed by atoms with Crippen LogP contribution >= 0.6 is 11.3 Å². The van der Waals surface area contributed by atoms with Crippen LogP contribution in [0.4, 0.5) is 10.8 Å². The van der Waals surface area contributed by atoms with Gasteiger partial charge in [-0.2, -0.15) is 0 Å². The van der Waals surface area contributed by atoms with Gasteiger partial charge in [0.15, 0.2) is 0 Å². The lowest BCUT2D eigenvalue weighted by Gasteiger charge is -2.04. The molecule has 0 aliphatic heterocycles. The van der Waals surface area contributed by atoms with E-state index in [0.29, 0.717) is 10.7 Å². The Morgan fingerprint density at radius 2 is 1.92 bits per heavy atom. The van der Waals surface area contributed by atoms with Crippen molar-refractivity contribution in [3.05, 3.63) is 44.4 Å². The number of nitro groups is 1. The minimum atomic E-state index is -0.539. The number of nitrogens with zero attached hydrogens (tertiary/aromatic N) is 3. The van der Waals surface area contributed by atoms with Gasteiger partial charge in [0.2, 0.25) is 5.13 Å². The molecule has 7 nitrogen and oxygen atoms in total. The van der Waals surface area contributed by atoms with Crippen LogP contribution in [0.15, 0.2) is 18.2 Å². The largest absolute Gasteiger partial charge is 0.296 e. The van der Waals surface area contributed by atoms with E-state index < -0.39 is 10.8 Å². The second-order valence-electron chi connectivity index (χ2n) is 6.20. The zero-order valence-electron chi connectivity index (χ0n) is 15.2. The van der Waals surface area contributed by atoms with E-state index in [0.717, 1.165) is 24.3 Å². The molecule has 1 N–H and O–H groups in total. The summed E-state index contributed by atoms with van der Waals surface area (Å²) in [5.74, 6) is -0.539. The maximum atomic E-state index is 12.4. The first-order valence-corrected chi connectivity index (χ1v) is 9.72. The molecular formula is C18H24N4O3S. The van der Waals surface area contributed by atoms with Crippen molar-refractivity contribution in [3.63, 3.8) is 0 Å². The number of nitro benzene ring substituents is 1. The average Bonchev–Trinajstić information content (AvgIpc) is 3.04. The molecule has 0 bridgehead atoms. The predicted molar refractivity (Wildman–Crippen MR) is 103 cm³/mol. The van der Waals surface area contributed by atoms with Crippen LogP contribution in [-0.4, -0.2) is 21.0 Å². The lowest BCUT2D eigenvalue weighted by Crippen LogP contribution is -2.14. The number of unbranched alkanes of at least 4 members (excludes halogenated alkanes) is 5. The molecule has 0 unspecified atom stereocenters. The molecule has 140 valence electrons. The SMILES string of the molecule is CCCCCCCCc1nnc(NC(=O)c2cccc(C)c2[N+](=O)[O-])s1. The van der Waals surface area contributed by atoms with Crippen LogP contribution in [0.1, 0.15) is 66.4 Å². The first kappa shape index (κ1) is 20.0. The van der Waals surface area contributed by atoms with Gasteiger partial charge in [0, 0.05) is 12.0 Å². The fourth-order valence-electron chi connectivity index (χ4n) is 2.71. The second kappa shape index (κ2) is 9.96. The average molecular weight is 376 g/mol. The Balaban J connectivity index is 1.92. The second-order valence-corrected chi connectivity index (χ2v) is 7.26. The highest BCUT2D eigenvalue weighted by molar-refractivity contribution is 7.15. The Morgan fingerprint density at radius 3 is 2.65 bits per heavy atom. The predicted octanol–water partition coefficient (Wildman–Crippen LogP) is 4.91. The molecule has 0 radical (unpaired) electrons. The highest BCUT2D eigenvalue weighted by atomic mass is 32.1. The number of hydrogen-bond donors (Lipinski definition) is 1. The van der Waals surface area contributed by atoms with Gasteiger partial charge < -0.3 is 0 Å². The van der Waals surface area contributed by atoms with Crippen LogP contribution < -0.4 is 5.32 Å². The highest BCUT2D eigenvalue weighted by Crippen LogP contribution is 2.25. The monoisotopic (exact) mass is 376 g/mol. The maximum absolute atomic E-state index is 12.4. The smallest absolute Gasteiger partial charge is 0.285 e. The van der Waals surface area contributed by atoms with Gasteiger partial charge in [-0.05, 0) is 19.4 Å². The summed E-state index contributed by atoms with van der Waals surface area (Å²) in [6.07, 6.45) is 8.06. The Labute approximate surface area is 157 Å².